The molecule has 0 radical (unpaired) electrons. The highest BCUT2D eigenvalue weighted by Gasteiger charge is 2.10. The molecule has 0 bridgehead atoms. The third kappa shape index (κ3) is 4.49. The van der Waals surface area contributed by atoms with E-state index >= 15 is 0 Å². The Morgan fingerprint density at radius 3 is 2.18 bits per heavy atom. The number of hydrogen-bond acceptors (Lipinski definition) is 3. The molecule has 0 aliphatic carbocycles. The van der Waals surface area contributed by atoms with Gasteiger partial charge in [-0.05, 0) is 18.2 Å². The van der Waals surface area contributed by atoms with E-state index in [-0.39, 0.29) is 23.4 Å². The maximum atomic E-state index is 13.8. The molecule has 0 aliphatic heterocycles. The standard InChI is InChI=1S/C15H14F3NO2S/c1-22(20,21)9-11-3-5-13(7-15(11)18)19-8-10-2-4-12(16)6-14(10)17/h2-7,19H,8-9H2,1H3. The molecule has 118 valence electrons. The van der Waals surface area contributed by atoms with Crippen LogP contribution in [0.5, 0.6) is 0 Å². The van der Waals surface area contributed by atoms with Gasteiger partial charge in [0.25, 0.3) is 0 Å². The SMILES string of the molecule is CS(=O)(=O)Cc1ccc(NCc2ccc(F)cc2F)cc1F. The molecule has 0 saturated carbocycles. The number of benzene rings is 2. The Morgan fingerprint density at radius 1 is 0.955 bits per heavy atom. The van der Waals surface area contributed by atoms with Gasteiger partial charge in [0.05, 0.1) is 5.75 Å². The Bertz CT molecular complexity index is 791. The van der Waals surface area contributed by atoms with Crippen LogP contribution < -0.4 is 5.32 Å². The van der Waals surface area contributed by atoms with Gasteiger partial charge >= 0.3 is 0 Å². The average Bonchev–Trinajstić information content (AvgIpc) is 2.39. The second-order valence-corrected chi connectivity index (χ2v) is 7.11. The van der Waals surface area contributed by atoms with E-state index in [2.05, 4.69) is 5.32 Å². The topological polar surface area (TPSA) is 46.2 Å². The summed E-state index contributed by atoms with van der Waals surface area (Å²) in [6, 6.07) is 7.21. The number of rotatable bonds is 5. The van der Waals surface area contributed by atoms with Crippen LogP contribution in [0.4, 0.5) is 18.9 Å². The van der Waals surface area contributed by atoms with Gasteiger partial charge in [0.15, 0.2) is 9.84 Å². The van der Waals surface area contributed by atoms with Gasteiger partial charge in [0.1, 0.15) is 17.5 Å². The molecule has 2 aromatic rings. The summed E-state index contributed by atoms with van der Waals surface area (Å²) < 4.78 is 62.4. The molecule has 0 saturated heterocycles. The number of nitrogens with one attached hydrogen (secondary N) is 1. The van der Waals surface area contributed by atoms with Crippen molar-refractivity contribution in [2.75, 3.05) is 11.6 Å². The summed E-state index contributed by atoms with van der Waals surface area (Å²) in [4.78, 5) is 0. The summed E-state index contributed by atoms with van der Waals surface area (Å²) in [5, 5.41) is 2.80. The Kier molecular flexibility index (Phi) is 4.75. The Morgan fingerprint density at radius 2 is 1.59 bits per heavy atom. The van der Waals surface area contributed by atoms with Gasteiger partial charge in [-0.2, -0.15) is 0 Å². The molecule has 1 N–H and O–H groups in total. The number of anilines is 1. The fourth-order valence-corrected chi connectivity index (χ4v) is 2.72. The van der Waals surface area contributed by atoms with E-state index in [0.717, 1.165) is 24.5 Å². The lowest BCUT2D eigenvalue weighted by Crippen LogP contribution is -2.05. The summed E-state index contributed by atoms with van der Waals surface area (Å²) >= 11 is 0. The number of sulfone groups is 1. The molecule has 0 fully saturated rings. The van der Waals surface area contributed by atoms with Gasteiger partial charge in [-0.1, -0.05) is 12.1 Å². The van der Waals surface area contributed by atoms with Crippen molar-refractivity contribution < 1.29 is 21.6 Å². The van der Waals surface area contributed by atoms with E-state index < -0.39 is 27.3 Å². The fourth-order valence-electron chi connectivity index (χ4n) is 1.92. The van der Waals surface area contributed by atoms with Crippen molar-refractivity contribution in [2.45, 2.75) is 12.3 Å². The van der Waals surface area contributed by atoms with E-state index in [9.17, 15) is 21.6 Å². The van der Waals surface area contributed by atoms with Gasteiger partial charge in [-0.15, -0.1) is 0 Å². The first-order valence-electron chi connectivity index (χ1n) is 6.38. The number of halogens is 3. The van der Waals surface area contributed by atoms with Crippen molar-refractivity contribution in [1.29, 1.82) is 0 Å². The largest absolute Gasteiger partial charge is 0.381 e. The maximum absolute atomic E-state index is 13.8. The van der Waals surface area contributed by atoms with Crippen molar-refractivity contribution in [3.63, 3.8) is 0 Å². The first kappa shape index (κ1) is 16.4. The van der Waals surface area contributed by atoms with Crippen molar-refractivity contribution in [2.24, 2.45) is 0 Å². The lowest BCUT2D eigenvalue weighted by molar-refractivity contribution is 0.574. The van der Waals surface area contributed by atoms with Gasteiger partial charge in [0, 0.05) is 35.7 Å². The molecule has 0 aliphatic rings. The minimum atomic E-state index is -3.32. The Labute approximate surface area is 126 Å². The van der Waals surface area contributed by atoms with Crippen LogP contribution >= 0.6 is 0 Å². The second-order valence-electron chi connectivity index (χ2n) is 4.97. The van der Waals surface area contributed by atoms with Gasteiger partial charge in [-0.25, -0.2) is 21.6 Å². The summed E-state index contributed by atoms with van der Waals surface area (Å²) in [6.45, 7) is 0.0526. The van der Waals surface area contributed by atoms with Crippen LogP contribution in [-0.2, 0) is 22.1 Å². The first-order valence-corrected chi connectivity index (χ1v) is 8.44. The van der Waals surface area contributed by atoms with Crippen LogP contribution in [0.1, 0.15) is 11.1 Å². The van der Waals surface area contributed by atoms with Crippen LogP contribution in [0.15, 0.2) is 36.4 Å². The predicted molar refractivity (Wildman–Crippen MR) is 78.6 cm³/mol. The summed E-state index contributed by atoms with van der Waals surface area (Å²) in [5.41, 5.74) is 0.682. The van der Waals surface area contributed by atoms with Gasteiger partial charge in [-0.3, -0.25) is 0 Å². The van der Waals surface area contributed by atoms with Crippen molar-refractivity contribution in [1.82, 2.24) is 0 Å². The molecule has 7 heteroatoms. The lowest BCUT2D eigenvalue weighted by atomic mass is 10.2. The molecule has 3 nitrogen and oxygen atoms in total. The van der Waals surface area contributed by atoms with E-state index in [1.165, 1.54) is 18.2 Å². The lowest BCUT2D eigenvalue weighted by Gasteiger charge is -2.09. The Hall–Kier alpha value is -2.02. The zero-order valence-corrected chi connectivity index (χ0v) is 12.6. The van der Waals surface area contributed by atoms with Crippen LogP contribution in [0.25, 0.3) is 0 Å². The zero-order valence-electron chi connectivity index (χ0n) is 11.7. The first-order chi connectivity index (χ1) is 10.2. The van der Waals surface area contributed by atoms with Crippen molar-refractivity contribution in [3.8, 4) is 0 Å². The predicted octanol–water partition coefficient (Wildman–Crippen LogP) is 3.26. The molecule has 0 aromatic heterocycles. The molecule has 2 aromatic carbocycles. The monoisotopic (exact) mass is 329 g/mol. The molecular weight excluding hydrogens is 315 g/mol. The fraction of sp³-hybridized carbons (Fsp3) is 0.200. The van der Waals surface area contributed by atoms with Gasteiger partial charge < -0.3 is 5.32 Å². The zero-order chi connectivity index (χ0) is 16.3. The highest BCUT2D eigenvalue weighted by molar-refractivity contribution is 7.89. The van der Waals surface area contributed by atoms with Crippen LogP contribution in [0, 0.1) is 17.5 Å². The molecule has 0 atom stereocenters. The molecular formula is C15H14F3NO2S. The molecule has 0 amide bonds. The summed E-state index contributed by atoms with van der Waals surface area (Å²) in [5.74, 6) is -2.40. The van der Waals surface area contributed by atoms with E-state index in [0.29, 0.717) is 5.69 Å². The third-order valence-electron chi connectivity index (χ3n) is 2.97. The van der Waals surface area contributed by atoms with Crippen LogP contribution in [-0.4, -0.2) is 14.7 Å². The average molecular weight is 329 g/mol. The normalized spacial score (nSPS) is 11.5. The van der Waals surface area contributed by atoms with E-state index in [1.807, 2.05) is 0 Å². The quantitative estimate of drug-likeness (QED) is 0.916. The van der Waals surface area contributed by atoms with Crippen LogP contribution in [0.3, 0.4) is 0 Å². The summed E-state index contributed by atoms with van der Waals surface area (Å²) in [7, 11) is -3.32. The minimum Gasteiger partial charge on any atom is -0.381 e. The third-order valence-corrected chi connectivity index (χ3v) is 3.80. The van der Waals surface area contributed by atoms with Gasteiger partial charge in [0.2, 0.25) is 0 Å². The highest BCUT2D eigenvalue weighted by atomic mass is 32.2. The molecule has 22 heavy (non-hydrogen) atoms. The maximum Gasteiger partial charge on any atom is 0.151 e. The Balaban J connectivity index is 2.09. The van der Waals surface area contributed by atoms with Crippen molar-refractivity contribution in [3.05, 3.63) is 65.0 Å². The smallest absolute Gasteiger partial charge is 0.151 e. The van der Waals surface area contributed by atoms with E-state index in [1.54, 1.807) is 0 Å². The molecule has 2 rings (SSSR count). The van der Waals surface area contributed by atoms with E-state index in [4.69, 9.17) is 0 Å². The minimum absolute atomic E-state index is 0.0526. The molecule has 0 spiro atoms. The second kappa shape index (κ2) is 6.39. The molecule has 0 unspecified atom stereocenters. The van der Waals surface area contributed by atoms with Crippen molar-refractivity contribution >= 4 is 15.5 Å². The number of hydrogen-bond donors (Lipinski definition) is 1. The van der Waals surface area contributed by atoms with Crippen LogP contribution in [0.2, 0.25) is 0 Å². The highest BCUT2D eigenvalue weighted by Crippen LogP contribution is 2.18. The summed E-state index contributed by atoms with van der Waals surface area (Å²) in [6.07, 6.45) is 1.02. The molecule has 0 heterocycles.